The summed E-state index contributed by atoms with van der Waals surface area (Å²) in [5.41, 5.74) is 5.26. The Morgan fingerprint density at radius 2 is 1.68 bits per heavy atom. The molecule has 0 aliphatic rings. The number of hydrogen-bond acceptors (Lipinski definition) is 3. The average Bonchev–Trinajstić information content (AvgIpc) is 2.98. The molecule has 6 heteroatoms. The maximum Gasteiger partial charge on any atom is 0.337 e. The first kappa shape index (κ1) is 22.9. The molecular formula is C25H29ClN2O3. The van der Waals surface area contributed by atoms with Gasteiger partial charge in [0.05, 0.1) is 12.2 Å². The van der Waals surface area contributed by atoms with Crippen molar-refractivity contribution in [2.45, 2.75) is 40.3 Å². The summed E-state index contributed by atoms with van der Waals surface area (Å²) < 4.78 is 7.54. The second-order valence-corrected chi connectivity index (χ2v) is 7.98. The van der Waals surface area contributed by atoms with Crippen LogP contribution in [0.4, 0.5) is 0 Å². The van der Waals surface area contributed by atoms with Gasteiger partial charge in [-0.15, -0.1) is 0 Å². The molecule has 1 aromatic heterocycles. The summed E-state index contributed by atoms with van der Waals surface area (Å²) in [5.74, 6) is -0.0165. The zero-order chi connectivity index (χ0) is 22.4. The van der Waals surface area contributed by atoms with Crippen LogP contribution in [-0.2, 0) is 19.5 Å². The van der Waals surface area contributed by atoms with Gasteiger partial charge in [-0.25, -0.2) is 4.79 Å². The summed E-state index contributed by atoms with van der Waals surface area (Å²) in [5, 5.41) is 13.9. The topological polar surface area (TPSA) is 63.5 Å². The molecule has 31 heavy (non-hydrogen) atoms. The predicted molar refractivity (Wildman–Crippen MR) is 124 cm³/mol. The van der Waals surface area contributed by atoms with E-state index in [0.29, 0.717) is 30.3 Å². The highest BCUT2D eigenvalue weighted by atomic mass is 35.5. The van der Waals surface area contributed by atoms with Crippen LogP contribution in [0.3, 0.4) is 0 Å². The van der Waals surface area contributed by atoms with Crippen molar-refractivity contribution in [3.8, 4) is 5.75 Å². The maximum atomic E-state index is 12.0. The predicted octanol–water partition coefficient (Wildman–Crippen LogP) is 5.24. The van der Waals surface area contributed by atoms with Crippen molar-refractivity contribution in [1.29, 1.82) is 0 Å². The maximum absolute atomic E-state index is 12.0. The summed E-state index contributed by atoms with van der Waals surface area (Å²) >= 11 is 5.99. The van der Waals surface area contributed by atoms with Gasteiger partial charge >= 0.3 is 5.97 Å². The van der Waals surface area contributed by atoms with Gasteiger partial charge < -0.3 is 19.7 Å². The molecule has 0 aliphatic carbocycles. The fourth-order valence-electron chi connectivity index (χ4n) is 3.82. The average molecular weight is 441 g/mol. The number of halogens is 1. The summed E-state index contributed by atoms with van der Waals surface area (Å²) in [7, 11) is 0. The van der Waals surface area contributed by atoms with E-state index >= 15 is 0 Å². The van der Waals surface area contributed by atoms with Gasteiger partial charge in [0, 0.05) is 35.1 Å². The van der Waals surface area contributed by atoms with E-state index in [1.807, 2.05) is 57.2 Å². The van der Waals surface area contributed by atoms with Gasteiger partial charge in [0.25, 0.3) is 0 Å². The summed E-state index contributed by atoms with van der Waals surface area (Å²) in [6, 6.07) is 15.7. The smallest absolute Gasteiger partial charge is 0.337 e. The summed E-state index contributed by atoms with van der Waals surface area (Å²) in [6.45, 7) is 8.36. The number of carboxylic acid groups (broad SMARTS) is 1. The number of aromatic nitrogens is 1. The Hall–Kier alpha value is -2.76. The van der Waals surface area contributed by atoms with Crippen molar-refractivity contribution in [3.63, 3.8) is 0 Å². The van der Waals surface area contributed by atoms with Gasteiger partial charge in [0.15, 0.2) is 0 Å². The zero-order valence-electron chi connectivity index (χ0n) is 18.2. The molecule has 3 rings (SSSR count). The molecule has 0 aliphatic heterocycles. The summed E-state index contributed by atoms with van der Waals surface area (Å²) in [4.78, 5) is 12.0. The van der Waals surface area contributed by atoms with E-state index in [2.05, 4.69) is 22.0 Å². The van der Waals surface area contributed by atoms with Crippen LogP contribution in [0.5, 0.6) is 5.75 Å². The molecule has 0 radical (unpaired) electrons. The van der Waals surface area contributed by atoms with Gasteiger partial charge in [0.1, 0.15) is 5.75 Å². The number of nitrogens with zero attached hydrogens (tertiary/aromatic N) is 1. The Labute approximate surface area is 188 Å². The molecule has 0 amide bonds. The molecule has 5 nitrogen and oxygen atoms in total. The van der Waals surface area contributed by atoms with E-state index in [4.69, 9.17) is 16.3 Å². The van der Waals surface area contributed by atoms with Gasteiger partial charge in [0.2, 0.25) is 0 Å². The van der Waals surface area contributed by atoms with Crippen LogP contribution in [0.2, 0.25) is 5.02 Å². The van der Waals surface area contributed by atoms with Crippen LogP contribution in [0.15, 0.2) is 48.5 Å². The van der Waals surface area contributed by atoms with Crippen LogP contribution in [0.25, 0.3) is 0 Å². The monoisotopic (exact) mass is 440 g/mol. The van der Waals surface area contributed by atoms with E-state index in [9.17, 15) is 9.90 Å². The van der Waals surface area contributed by atoms with E-state index in [1.54, 1.807) is 0 Å². The quantitative estimate of drug-likeness (QED) is 0.423. The Balaban J connectivity index is 1.68. The van der Waals surface area contributed by atoms with Crippen LogP contribution >= 0.6 is 11.6 Å². The van der Waals surface area contributed by atoms with E-state index in [-0.39, 0.29) is 0 Å². The minimum absolute atomic E-state index is 0.389. The Morgan fingerprint density at radius 1 is 1.03 bits per heavy atom. The van der Waals surface area contributed by atoms with Crippen molar-refractivity contribution < 1.29 is 14.6 Å². The molecule has 2 N–H and O–H groups in total. The van der Waals surface area contributed by atoms with Gasteiger partial charge in [-0.05, 0) is 69.1 Å². The first-order valence-corrected chi connectivity index (χ1v) is 10.9. The second kappa shape index (κ2) is 10.5. The fraction of sp³-hybridized carbons (Fsp3) is 0.320. The standard InChI is InChI=1S/C25H29ClN2O3/c1-4-31-22-11-7-19(8-12-22)13-14-27-15-23-17(2)28(18(3)24(23)25(29)30)16-20-5-9-21(26)10-6-20/h5-12,27H,4,13-16H2,1-3H3,(H,29,30). The van der Waals surface area contributed by atoms with Crippen molar-refractivity contribution in [1.82, 2.24) is 9.88 Å². The minimum Gasteiger partial charge on any atom is -0.494 e. The molecule has 0 unspecified atom stereocenters. The molecule has 0 fully saturated rings. The number of carboxylic acids is 1. The van der Waals surface area contributed by atoms with Crippen molar-refractivity contribution >= 4 is 17.6 Å². The van der Waals surface area contributed by atoms with Crippen LogP contribution < -0.4 is 10.1 Å². The summed E-state index contributed by atoms with van der Waals surface area (Å²) in [6.07, 6.45) is 0.859. The third kappa shape index (κ3) is 5.69. The first-order valence-electron chi connectivity index (χ1n) is 10.5. The number of rotatable bonds is 10. The third-order valence-corrected chi connectivity index (χ3v) is 5.76. The Bertz CT molecular complexity index is 1020. The van der Waals surface area contributed by atoms with Gasteiger partial charge in [-0.3, -0.25) is 0 Å². The number of nitrogens with one attached hydrogen (secondary N) is 1. The lowest BCUT2D eigenvalue weighted by atomic mass is 10.1. The lowest BCUT2D eigenvalue weighted by Gasteiger charge is -2.11. The van der Waals surface area contributed by atoms with Gasteiger partial charge in [-0.1, -0.05) is 35.9 Å². The van der Waals surface area contributed by atoms with Crippen molar-refractivity contribution in [2.24, 2.45) is 0 Å². The normalized spacial score (nSPS) is 11.0. The lowest BCUT2D eigenvalue weighted by molar-refractivity contribution is 0.0694. The second-order valence-electron chi connectivity index (χ2n) is 7.55. The molecule has 0 spiro atoms. The number of ether oxygens (including phenoxy) is 1. The lowest BCUT2D eigenvalue weighted by Crippen LogP contribution is -2.18. The minimum atomic E-state index is -0.890. The number of aromatic carboxylic acids is 1. The van der Waals surface area contributed by atoms with Crippen molar-refractivity contribution in [2.75, 3.05) is 13.2 Å². The van der Waals surface area contributed by atoms with Gasteiger partial charge in [-0.2, -0.15) is 0 Å². The molecule has 0 atom stereocenters. The number of hydrogen-bond donors (Lipinski definition) is 2. The molecule has 164 valence electrons. The third-order valence-electron chi connectivity index (χ3n) is 5.50. The molecule has 2 aromatic carbocycles. The molecule has 0 saturated heterocycles. The largest absolute Gasteiger partial charge is 0.494 e. The van der Waals surface area contributed by atoms with Crippen molar-refractivity contribution in [3.05, 3.63) is 87.2 Å². The Kier molecular flexibility index (Phi) is 7.77. The van der Waals surface area contributed by atoms with Crippen LogP contribution in [0.1, 0.15) is 45.4 Å². The first-order chi connectivity index (χ1) is 14.9. The zero-order valence-corrected chi connectivity index (χ0v) is 19.0. The fourth-order valence-corrected chi connectivity index (χ4v) is 3.95. The number of benzene rings is 2. The highest BCUT2D eigenvalue weighted by molar-refractivity contribution is 6.30. The van der Waals surface area contributed by atoms with E-state index in [0.717, 1.165) is 41.2 Å². The highest BCUT2D eigenvalue weighted by Crippen LogP contribution is 2.24. The Morgan fingerprint density at radius 3 is 2.29 bits per heavy atom. The molecule has 3 aromatic rings. The van der Waals surface area contributed by atoms with Crippen LogP contribution in [-0.4, -0.2) is 28.8 Å². The molecule has 0 saturated carbocycles. The molecular weight excluding hydrogens is 412 g/mol. The molecule has 1 heterocycles. The number of carbonyl (C=O) groups is 1. The van der Waals surface area contributed by atoms with E-state index in [1.165, 1.54) is 5.56 Å². The SMILES string of the molecule is CCOc1ccc(CCNCc2c(C(=O)O)c(C)n(Cc3ccc(Cl)cc3)c2C)cc1. The molecule has 0 bridgehead atoms. The highest BCUT2D eigenvalue weighted by Gasteiger charge is 2.22. The van der Waals surface area contributed by atoms with Crippen LogP contribution in [0, 0.1) is 13.8 Å². The van der Waals surface area contributed by atoms with E-state index < -0.39 is 5.97 Å².